The van der Waals surface area contributed by atoms with Crippen LogP contribution >= 0.6 is 0 Å². The fraction of sp³-hybridized carbons (Fsp3) is 0.286. The van der Waals surface area contributed by atoms with Crippen LogP contribution in [0.5, 0.6) is 11.5 Å². The van der Waals surface area contributed by atoms with Crippen LogP contribution in [-0.4, -0.2) is 26.7 Å². The molecular weight excluding hydrogens is 432 g/mol. The highest BCUT2D eigenvalue weighted by molar-refractivity contribution is 6.04. The van der Waals surface area contributed by atoms with E-state index in [9.17, 15) is 22.4 Å². The Morgan fingerprint density at radius 1 is 1.03 bits per heavy atom. The zero-order valence-electron chi connectivity index (χ0n) is 16.4. The molecule has 1 aliphatic heterocycles. The van der Waals surface area contributed by atoms with Crippen molar-refractivity contribution in [1.29, 1.82) is 0 Å². The van der Waals surface area contributed by atoms with Crippen molar-refractivity contribution in [2.45, 2.75) is 37.6 Å². The zero-order valence-corrected chi connectivity index (χ0v) is 16.4. The fourth-order valence-corrected chi connectivity index (χ4v) is 3.93. The second kappa shape index (κ2) is 7.21. The number of alkyl halides is 3. The van der Waals surface area contributed by atoms with Crippen molar-refractivity contribution in [3.63, 3.8) is 0 Å². The van der Waals surface area contributed by atoms with E-state index in [1.165, 1.54) is 12.1 Å². The monoisotopic (exact) mass is 448 g/mol. The second-order valence-electron chi connectivity index (χ2n) is 7.61. The van der Waals surface area contributed by atoms with E-state index in [1.807, 2.05) is 0 Å². The van der Waals surface area contributed by atoms with Crippen molar-refractivity contribution in [3.8, 4) is 17.2 Å². The smallest absolute Gasteiger partial charge is 0.435 e. The number of benzene rings is 2. The predicted molar refractivity (Wildman–Crippen MR) is 103 cm³/mol. The van der Waals surface area contributed by atoms with E-state index in [0.29, 0.717) is 16.2 Å². The van der Waals surface area contributed by atoms with Gasteiger partial charge in [-0.25, -0.2) is 9.07 Å². The first-order valence-electron chi connectivity index (χ1n) is 9.86. The number of halogens is 4. The molecule has 2 heterocycles. The Bertz CT molecular complexity index is 1180. The number of carbonyl (C=O) groups excluding carboxylic acids is 1. The number of hydrogen-bond donors (Lipinski definition) is 1. The molecule has 1 spiro atoms. The Kier molecular flexibility index (Phi) is 4.57. The number of carbonyl (C=O) groups is 1. The molecule has 166 valence electrons. The summed E-state index contributed by atoms with van der Waals surface area (Å²) in [4.78, 5) is 12.7. The summed E-state index contributed by atoms with van der Waals surface area (Å²) in [6.45, 7) is 0. The van der Waals surface area contributed by atoms with Gasteiger partial charge in [-0.2, -0.15) is 13.2 Å². The summed E-state index contributed by atoms with van der Waals surface area (Å²) in [6.07, 6.45) is -1.51. The SMILES string of the molecule is O=C(Nc1ccc2c(c1)OC1(CCCC1)O2)c1nnn(-c2ccc(F)cc2)c1C(F)(F)F. The lowest BCUT2D eigenvalue weighted by Crippen LogP contribution is -2.34. The lowest BCUT2D eigenvalue weighted by atomic mass is 10.2. The molecule has 1 amide bonds. The number of rotatable bonds is 3. The van der Waals surface area contributed by atoms with E-state index in [0.717, 1.165) is 49.9 Å². The molecule has 0 unspecified atom stereocenters. The first-order valence-corrected chi connectivity index (χ1v) is 9.86. The van der Waals surface area contributed by atoms with E-state index >= 15 is 0 Å². The van der Waals surface area contributed by atoms with Gasteiger partial charge >= 0.3 is 6.18 Å². The lowest BCUT2D eigenvalue weighted by Gasteiger charge is -2.21. The summed E-state index contributed by atoms with van der Waals surface area (Å²) in [6, 6.07) is 8.79. The topological polar surface area (TPSA) is 78.3 Å². The van der Waals surface area contributed by atoms with Gasteiger partial charge < -0.3 is 14.8 Å². The minimum absolute atomic E-state index is 0.0878. The van der Waals surface area contributed by atoms with Gasteiger partial charge in [-0.05, 0) is 49.2 Å². The number of amides is 1. The zero-order chi connectivity index (χ0) is 22.5. The Morgan fingerprint density at radius 3 is 2.41 bits per heavy atom. The van der Waals surface area contributed by atoms with Gasteiger partial charge in [0.2, 0.25) is 0 Å². The van der Waals surface area contributed by atoms with Crippen molar-refractivity contribution < 1.29 is 31.8 Å². The number of aromatic nitrogens is 3. The number of anilines is 1. The molecule has 7 nitrogen and oxygen atoms in total. The molecule has 1 aliphatic carbocycles. The highest BCUT2D eigenvalue weighted by Crippen LogP contribution is 2.47. The van der Waals surface area contributed by atoms with Gasteiger partial charge in [0.1, 0.15) is 5.82 Å². The lowest BCUT2D eigenvalue weighted by molar-refractivity contribution is -0.143. The van der Waals surface area contributed by atoms with Crippen molar-refractivity contribution in [1.82, 2.24) is 15.0 Å². The van der Waals surface area contributed by atoms with Crippen LogP contribution in [-0.2, 0) is 6.18 Å². The Labute approximate surface area is 178 Å². The van der Waals surface area contributed by atoms with Gasteiger partial charge in [0.25, 0.3) is 11.7 Å². The fourth-order valence-electron chi connectivity index (χ4n) is 3.93. The van der Waals surface area contributed by atoms with Gasteiger partial charge in [-0.3, -0.25) is 4.79 Å². The summed E-state index contributed by atoms with van der Waals surface area (Å²) in [5, 5.41) is 9.31. The van der Waals surface area contributed by atoms with E-state index in [-0.39, 0.29) is 11.4 Å². The van der Waals surface area contributed by atoms with Crippen LogP contribution in [0.1, 0.15) is 41.9 Å². The summed E-state index contributed by atoms with van der Waals surface area (Å²) in [5.74, 6) is -1.49. The van der Waals surface area contributed by atoms with Crippen molar-refractivity contribution in [2.75, 3.05) is 5.32 Å². The minimum atomic E-state index is -4.94. The van der Waals surface area contributed by atoms with Crippen LogP contribution < -0.4 is 14.8 Å². The van der Waals surface area contributed by atoms with Gasteiger partial charge in [0, 0.05) is 24.6 Å². The molecule has 0 atom stereocenters. The molecule has 0 bridgehead atoms. The van der Waals surface area contributed by atoms with Crippen LogP contribution in [0.25, 0.3) is 5.69 Å². The maximum atomic E-state index is 13.8. The highest BCUT2D eigenvalue weighted by Gasteiger charge is 2.44. The number of fused-ring (bicyclic) bond motifs is 1. The van der Waals surface area contributed by atoms with Crippen LogP contribution in [0, 0.1) is 5.82 Å². The summed E-state index contributed by atoms with van der Waals surface area (Å²) >= 11 is 0. The Hall–Kier alpha value is -3.63. The predicted octanol–water partition coefficient (Wildman–Crippen LogP) is 4.72. The standard InChI is InChI=1S/C21H16F4N4O3/c22-12-3-6-14(7-4-12)29-18(21(23,24)25)17(27-28-29)19(30)26-13-5-8-15-16(11-13)32-20(31-15)9-1-2-10-20/h3-8,11H,1-2,9-10H2,(H,26,30). The molecule has 2 aromatic carbocycles. The van der Waals surface area contributed by atoms with Crippen molar-refractivity contribution in [2.24, 2.45) is 0 Å². The minimum Gasteiger partial charge on any atom is -0.448 e. The highest BCUT2D eigenvalue weighted by atomic mass is 19.4. The first kappa shape index (κ1) is 20.3. The molecule has 0 saturated heterocycles. The van der Waals surface area contributed by atoms with Crippen LogP contribution in [0.3, 0.4) is 0 Å². The van der Waals surface area contributed by atoms with Gasteiger partial charge in [0.05, 0.1) is 5.69 Å². The molecule has 5 rings (SSSR count). The van der Waals surface area contributed by atoms with Gasteiger partial charge in [-0.15, -0.1) is 5.10 Å². The van der Waals surface area contributed by atoms with Crippen molar-refractivity contribution in [3.05, 3.63) is 59.7 Å². The Morgan fingerprint density at radius 2 is 1.72 bits per heavy atom. The summed E-state index contributed by atoms with van der Waals surface area (Å²) in [5.41, 5.74) is -2.15. The molecule has 1 saturated carbocycles. The van der Waals surface area contributed by atoms with Crippen LogP contribution in [0.15, 0.2) is 42.5 Å². The van der Waals surface area contributed by atoms with E-state index in [4.69, 9.17) is 9.47 Å². The van der Waals surface area contributed by atoms with Crippen LogP contribution in [0.4, 0.5) is 23.2 Å². The number of ether oxygens (including phenoxy) is 2. The first-order chi connectivity index (χ1) is 15.2. The third kappa shape index (κ3) is 3.53. The largest absolute Gasteiger partial charge is 0.448 e. The molecule has 11 heteroatoms. The number of hydrogen-bond acceptors (Lipinski definition) is 5. The average molecular weight is 448 g/mol. The normalized spacial score (nSPS) is 16.5. The summed E-state index contributed by atoms with van der Waals surface area (Å²) < 4.78 is 66.7. The molecule has 1 fully saturated rings. The quantitative estimate of drug-likeness (QED) is 0.587. The van der Waals surface area contributed by atoms with Gasteiger partial charge in [-0.1, -0.05) is 5.21 Å². The number of nitrogens with zero attached hydrogens (tertiary/aromatic N) is 3. The summed E-state index contributed by atoms with van der Waals surface area (Å²) in [7, 11) is 0. The molecule has 3 aromatic rings. The van der Waals surface area contributed by atoms with Gasteiger partial charge in [0.15, 0.2) is 22.9 Å². The third-order valence-corrected chi connectivity index (χ3v) is 5.38. The molecule has 32 heavy (non-hydrogen) atoms. The maximum Gasteiger partial charge on any atom is 0.435 e. The van der Waals surface area contributed by atoms with E-state index < -0.39 is 35.1 Å². The number of nitrogens with one attached hydrogen (secondary N) is 1. The Balaban J connectivity index is 1.43. The van der Waals surface area contributed by atoms with Crippen LogP contribution in [0.2, 0.25) is 0 Å². The molecule has 2 aliphatic rings. The third-order valence-electron chi connectivity index (χ3n) is 5.38. The van der Waals surface area contributed by atoms with E-state index in [1.54, 1.807) is 6.07 Å². The molecule has 1 N–H and O–H groups in total. The molecular formula is C21H16F4N4O3. The van der Waals surface area contributed by atoms with E-state index in [2.05, 4.69) is 15.6 Å². The molecule has 0 radical (unpaired) electrons. The molecule has 1 aromatic heterocycles. The van der Waals surface area contributed by atoms with Crippen molar-refractivity contribution >= 4 is 11.6 Å². The average Bonchev–Trinajstić information content (AvgIpc) is 3.46. The maximum absolute atomic E-state index is 13.8. The second-order valence-corrected chi connectivity index (χ2v) is 7.61.